The number of rotatable bonds is 2. The maximum Gasteiger partial charge on any atom is 0.416 e. The van der Waals surface area contributed by atoms with Gasteiger partial charge in [-0.15, -0.1) is 0 Å². The molecular formula is C12H8ClF3N2O. The topological polar surface area (TPSA) is 35.0 Å². The highest BCUT2D eigenvalue weighted by atomic mass is 35.5. The van der Waals surface area contributed by atoms with Crippen LogP contribution in [-0.4, -0.2) is 9.97 Å². The molecule has 2 rings (SSSR count). The Kier molecular flexibility index (Phi) is 3.61. The van der Waals surface area contributed by atoms with Crippen LogP contribution in [0.15, 0.2) is 30.5 Å². The number of halogens is 4. The molecule has 0 amide bonds. The van der Waals surface area contributed by atoms with Gasteiger partial charge in [-0.2, -0.15) is 13.2 Å². The highest BCUT2D eigenvalue weighted by Gasteiger charge is 2.31. The van der Waals surface area contributed by atoms with Gasteiger partial charge in [-0.3, -0.25) is 4.98 Å². The first-order valence-electron chi connectivity index (χ1n) is 5.20. The summed E-state index contributed by atoms with van der Waals surface area (Å²) in [6, 6.07) is 4.77. The van der Waals surface area contributed by atoms with Gasteiger partial charge in [0, 0.05) is 11.8 Å². The molecular weight excluding hydrogens is 281 g/mol. The summed E-state index contributed by atoms with van der Waals surface area (Å²) in [4.78, 5) is 7.64. The second-order valence-corrected chi connectivity index (χ2v) is 4.14. The molecule has 19 heavy (non-hydrogen) atoms. The van der Waals surface area contributed by atoms with Crippen molar-refractivity contribution in [2.75, 3.05) is 0 Å². The van der Waals surface area contributed by atoms with Gasteiger partial charge in [0.2, 0.25) is 5.88 Å². The molecule has 0 N–H and O–H groups in total. The molecule has 3 nitrogen and oxygen atoms in total. The average Bonchev–Trinajstić information content (AvgIpc) is 2.30. The number of pyridine rings is 2. The van der Waals surface area contributed by atoms with Crippen molar-refractivity contribution in [2.45, 2.75) is 13.1 Å². The zero-order chi connectivity index (χ0) is 14.0. The summed E-state index contributed by atoms with van der Waals surface area (Å²) in [6.45, 7) is 1.78. The molecule has 2 aromatic rings. The van der Waals surface area contributed by atoms with E-state index < -0.39 is 11.7 Å². The van der Waals surface area contributed by atoms with Crippen LogP contribution in [0.1, 0.15) is 11.3 Å². The number of ether oxygens (including phenoxy) is 1. The molecule has 0 radical (unpaired) electrons. The molecule has 0 saturated carbocycles. The first kappa shape index (κ1) is 13.6. The normalized spacial score (nSPS) is 11.4. The predicted octanol–water partition coefficient (Wildman–Crippen LogP) is 4.25. The Labute approximate surface area is 112 Å². The van der Waals surface area contributed by atoms with Gasteiger partial charge in [-0.25, -0.2) is 4.98 Å². The minimum absolute atomic E-state index is 0.231. The van der Waals surface area contributed by atoms with Crippen molar-refractivity contribution < 1.29 is 17.9 Å². The van der Waals surface area contributed by atoms with Gasteiger partial charge in [0.15, 0.2) is 0 Å². The van der Waals surface area contributed by atoms with Gasteiger partial charge in [0.05, 0.1) is 11.8 Å². The molecule has 0 atom stereocenters. The highest BCUT2D eigenvalue weighted by Crippen LogP contribution is 2.33. The number of hydrogen-bond acceptors (Lipinski definition) is 3. The van der Waals surface area contributed by atoms with Crippen LogP contribution in [0.5, 0.6) is 11.6 Å². The van der Waals surface area contributed by atoms with E-state index in [1.165, 1.54) is 6.20 Å². The van der Waals surface area contributed by atoms with Crippen LogP contribution < -0.4 is 4.74 Å². The predicted molar refractivity (Wildman–Crippen MR) is 63.3 cm³/mol. The number of alkyl halides is 3. The lowest BCUT2D eigenvalue weighted by Crippen LogP contribution is -2.05. The molecule has 0 aliphatic rings. The quantitative estimate of drug-likeness (QED) is 0.775. The van der Waals surface area contributed by atoms with Crippen molar-refractivity contribution in [3.8, 4) is 11.6 Å². The summed E-state index contributed by atoms with van der Waals surface area (Å²) in [5, 5.41) is -0.287. The summed E-state index contributed by atoms with van der Waals surface area (Å²) < 4.78 is 42.9. The fourth-order valence-electron chi connectivity index (χ4n) is 1.32. The molecule has 0 aliphatic heterocycles. The lowest BCUT2D eigenvalue weighted by Gasteiger charge is -2.10. The molecule has 2 aromatic heterocycles. The van der Waals surface area contributed by atoms with Gasteiger partial charge >= 0.3 is 6.18 Å². The maximum absolute atomic E-state index is 12.6. The maximum atomic E-state index is 12.6. The fraction of sp³-hybridized carbons (Fsp3) is 0.167. The summed E-state index contributed by atoms with van der Waals surface area (Å²) in [7, 11) is 0. The van der Waals surface area contributed by atoms with Gasteiger partial charge in [0.25, 0.3) is 0 Å². The van der Waals surface area contributed by atoms with Gasteiger partial charge < -0.3 is 4.74 Å². The van der Waals surface area contributed by atoms with E-state index in [-0.39, 0.29) is 16.8 Å². The van der Waals surface area contributed by atoms with Crippen LogP contribution in [0.2, 0.25) is 5.15 Å². The minimum Gasteiger partial charge on any atom is -0.437 e. The number of aromatic nitrogens is 2. The zero-order valence-corrected chi connectivity index (χ0v) is 10.5. The Hall–Kier alpha value is -1.82. The van der Waals surface area contributed by atoms with Gasteiger partial charge in [0.1, 0.15) is 10.9 Å². The number of aryl methyl sites for hydroxylation is 1. The number of nitrogens with zero attached hydrogens (tertiary/aromatic N) is 2. The average molecular weight is 289 g/mol. The second kappa shape index (κ2) is 5.05. The van der Waals surface area contributed by atoms with Crippen LogP contribution in [0.3, 0.4) is 0 Å². The van der Waals surface area contributed by atoms with E-state index in [1.54, 1.807) is 19.1 Å². The summed E-state index contributed by atoms with van der Waals surface area (Å²) in [5.41, 5.74) is -0.148. The smallest absolute Gasteiger partial charge is 0.416 e. The van der Waals surface area contributed by atoms with E-state index in [9.17, 15) is 13.2 Å². The van der Waals surface area contributed by atoms with Crippen molar-refractivity contribution >= 4 is 11.6 Å². The van der Waals surface area contributed by atoms with Crippen molar-refractivity contribution in [3.05, 3.63) is 46.9 Å². The first-order chi connectivity index (χ1) is 8.84. The zero-order valence-electron chi connectivity index (χ0n) is 9.70. The van der Waals surface area contributed by atoms with E-state index in [1.807, 2.05) is 0 Å². The second-order valence-electron chi connectivity index (χ2n) is 3.75. The molecule has 0 saturated heterocycles. The highest BCUT2D eigenvalue weighted by molar-refractivity contribution is 6.29. The van der Waals surface area contributed by atoms with Crippen molar-refractivity contribution in [2.24, 2.45) is 0 Å². The fourth-order valence-corrected chi connectivity index (χ4v) is 1.52. The van der Waals surface area contributed by atoms with Crippen LogP contribution >= 0.6 is 11.6 Å². The van der Waals surface area contributed by atoms with Crippen molar-refractivity contribution in [1.82, 2.24) is 9.97 Å². The van der Waals surface area contributed by atoms with E-state index in [0.29, 0.717) is 0 Å². The standard InChI is InChI=1S/C12H8ClF3N2O/c1-7-2-3-9(6-17-7)19-11-5-8(12(14,15)16)4-10(13)18-11/h2-6H,1H3. The van der Waals surface area contributed by atoms with Gasteiger partial charge in [-0.05, 0) is 25.1 Å². The minimum atomic E-state index is -4.50. The molecule has 0 fully saturated rings. The summed E-state index contributed by atoms with van der Waals surface area (Å²) in [6.07, 6.45) is -3.11. The van der Waals surface area contributed by atoms with E-state index in [0.717, 1.165) is 17.8 Å². The third kappa shape index (κ3) is 3.57. The molecule has 7 heteroatoms. The Balaban J connectivity index is 2.30. The molecule has 0 unspecified atom stereocenters. The third-order valence-corrected chi connectivity index (χ3v) is 2.40. The SMILES string of the molecule is Cc1ccc(Oc2cc(C(F)(F)F)cc(Cl)n2)cn1. The Morgan fingerprint density at radius 2 is 1.95 bits per heavy atom. The molecule has 2 heterocycles. The Morgan fingerprint density at radius 3 is 2.53 bits per heavy atom. The van der Waals surface area contributed by atoms with Crippen LogP contribution in [0.4, 0.5) is 13.2 Å². The van der Waals surface area contributed by atoms with Crippen LogP contribution in [0.25, 0.3) is 0 Å². The monoisotopic (exact) mass is 288 g/mol. The van der Waals surface area contributed by atoms with Crippen LogP contribution in [-0.2, 0) is 6.18 Å². The van der Waals surface area contributed by atoms with Crippen molar-refractivity contribution in [1.29, 1.82) is 0 Å². The van der Waals surface area contributed by atoms with E-state index in [4.69, 9.17) is 16.3 Å². The molecule has 0 bridgehead atoms. The summed E-state index contributed by atoms with van der Waals surface area (Å²) in [5.74, 6) is 0.0546. The Bertz CT molecular complexity index is 585. The van der Waals surface area contributed by atoms with E-state index >= 15 is 0 Å². The number of hydrogen-bond donors (Lipinski definition) is 0. The lowest BCUT2D eigenvalue weighted by molar-refractivity contribution is -0.137. The van der Waals surface area contributed by atoms with Crippen molar-refractivity contribution in [3.63, 3.8) is 0 Å². The molecule has 0 aliphatic carbocycles. The molecule has 100 valence electrons. The van der Waals surface area contributed by atoms with Gasteiger partial charge in [-0.1, -0.05) is 11.6 Å². The molecule has 0 aromatic carbocycles. The summed E-state index contributed by atoms with van der Waals surface area (Å²) >= 11 is 5.54. The van der Waals surface area contributed by atoms with Crippen LogP contribution in [0, 0.1) is 6.92 Å². The first-order valence-corrected chi connectivity index (χ1v) is 5.58. The van der Waals surface area contributed by atoms with E-state index in [2.05, 4.69) is 9.97 Å². The largest absolute Gasteiger partial charge is 0.437 e. The lowest BCUT2D eigenvalue weighted by atomic mass is 10.2. The Morgan fingerprint density at radius 1 is 1.21 bits per heavy atom. The third-order valence-electron chi connectivity index (χ3n) is 2.20. The molecule has 0 spiro atoms.